The van der Waals surface area contributed by atoms with Gasteiger partial charge in [-0.15, -0.1) is 0 Å². The summed E-state index contributed by atoms with van der Waals surface area (Å²) < 4.78 is 126. The average molecular weight is 640 g/mol. The molecule has 2 aliphatic rings. The van der Waals surface area contributed by atoms with Gasteiger partial charge in [0.2, 0.25) is 5.91 Å². The molecule has 43 heavy (non-hydrogen) atoms. The first-order chi connectivity index (χ1) is 19.9. The van der Waals surface area contributed by atoms with Crippen molar-refractivity contribution in [2.24, 2.45) is 11.8 Å². The average Bonchev–Trinajstić information content (AvgIpc) is 3.43. The van der Waals surface area contributed by atoms with Crippen molar-refractivity contribution in [3.05, 3.63) is 59.7 Å². The van der Waals surface area contributed by atoms with Crippen molar-refractivity contribution in [2.75, 3.05) is 20.2 Å². The highest BCUT2D eigenvalue weighted by Crippen LogP contribution is 2.54. The molecular formula is C28H28F7NO6S. The minimum absolute atomic E-state index is 0.110. The van der Waals surface area contributed by atoms with Crippen LogP contribution in [0.3, 0.4) is 0 Å². The van der Waals surface area contributed by atoms with E-state index in [1.54, 1.807) is 0 Å². The molecule has 0 spiro atoms. The SMILES string of the molecule is COc1cccc(S(=O)(=O)C2(c3ccc(C(F)(C(F)(F)F)C(F)(F)F)cc3)CCN(C(=O)C3CCC(C(=O)O)CC3)C2)c1. The third kappa shape index (κ3) is 5.55. The number of likely N-dealkylation sites (tertiary alicyclic amines) is 1. The summed E-state index contributed by atoms with van der Waals surface area (Å²) in [5.74, 6) is -2.44. The Balaban J connectivity index is 1.76. The Labute approximate surface area is 242 Å². The first-order valence-corrected chi connectivity index (χ1v) is 14.7. The van der Waals surface area contributed by atoms with E-state index in [1.807, 2.05) is 0 Å². The predicted octanol–water partition coefficient (Wildman–Crippen LogP) is 5.78. The van der Waals surface area contributed by atoms with Crippen LogP contribution in [0.2, 0.25) is 0 Å². The lowest BCUT2D eigenvalue weighted by Gasteiger charge is -2.33. The van der Waals surface area contributed by atoms with Gasteiger partial charge in [-0.1, -0.05) is 30.3 Å². The third-order valence-electron chi connectivity index (χ3n) is 8.43. The van der Waals surface area contributed by atoms with Crippen molar-refractivity contribution in [3.63, 3.8) is 0 Å². The van der Waals surface area contributed by atoms with Gasteiger partial charge >= 0.3 is 24.0 Å². The summed E-state index contributed by atoms with van der Waals surface area (Å²) in [4.78, 5) is 25.7. The number of sulfone groups is 1. The van der Waals surface area contributed by atoms with E-state index in [4.69, 9.17) is 4.74 Å². The van der Waals surface area contributed by atoms with E-state index in [1.165, 1.54) is 36.3 Å². The second-order valence-electron chi connectivity index (χ2n) is 10.8. The fraction of sp³-hybridized carbons (Fsp3) is 0.500. The van der Waals surface area contributed by atoms with Gasteiger partial charge in [0.05, 0.1) is 17.9 Å². The smallest absolute Gasteiger partial charge is 0.435 e. The molecule has 4 rings (SSSR count). The first-order valence-electron chi connectivity index (χ1n) is 13.2. The highest BCUT2D eigenvalue weighted by atomic mass is 32.2. The number of carbonyl (C=O) groups excluding carboxylic acids is 1. The van der Waals surface area contributed by atoms with Crippen LogP contribution in [0.5, 0.6) is 5.75 Å². The van der Waals surface area contributed by atoms with Crippen LogP contribution in [-0.4, -0.2) is 62.9 Å². The van der Waals surface area contributed by atoms with Crippen molar-refractivity contribution in [2.45, 2.75) is 59.8 Å². The van der Waals surface area contributed by atoms with Gasteiger partial charge in [0, 0.05) is 24.6 Å². The summed E-state index contributed by atoms with van der Waals surface area (Å²) >= 11 is 0. The molecule has 15 heteroatoms. The van der Waals surface area contributed by atoms with E-state index in [2.05, 4.69) is 0 Å². The lowest BCUT2D eigenvalue weighted by atomic mass is 9.81. The number of carboxylic acid groups (broad SMARTS) is 1. The Bertz CT molecular complexity index is 1450. The Morgan fingerprint density at radius 3 is 1.98 bits per heavy atom. The van der Waals surface area contributed by atoms with E-state index >= 15 is 0 Å². The summed E-state index contributed by atoms with van der Waals surface area (Å²) in [6.07, 6.45) is -12.0. The van der Waals surface area contributed by atoms with Gasteiger partial charge in [-0.25, -0.2) is 12.8 Å². The monoisotopic (exact) mass is 639 g/mol. The summed E-state index contributed by atoms with van der Waals surface area (Å²) in [5, 5.41) is 9.24. The molecule has 7 nitrogen and oxygen atoms in total. The van der Waals surface area contributed by atoms with Gasteiger partial charge in [-0.2, -0.15) is 26.3 Å². The number of halogens is 7. The Kier molecular flexibility index (Phi) is 8.55. The molecule has 1 atom stereocenters. The highest BCUT2D eigenvalue weighted by Gasteiger charge is 2.73. The zero-order valence-corrected chi connectivity index (χ0v) is 23.5. The van der Waals surface area contributed by atoms with Crippen LogP contribution in [0.15, 0.2) is 53.4 Å². The number of carbonyl (C=O) groups is 2. The van der Waals surface area contributed by atoms with Crippen molar-refractivity contribution >= 4 is 21.7 Å². The van der Waals surface area contributed by atoms with Gasteiger partial charge < -0.3 is 14.7 Å². The topological polar surface area (TPSA) is 101 Å². The number of rotatable bonds is 7. The van der Waals surface area contributed by atoms with Gasteiger partial charge in [-0.3, -0.25) is 9.59 Å². The molecule has 1 aliphatic heterocycles. The molecule has 1 amide bonds. The zero-order chi connectivity index (χ0) is 32.0. The molecule has 1 unspecified atom stereocenters. The van der Waals surface area contributed by atoms with Crippen molar-refractivity contribution in [1.82, 2.24) is 4.90 Å². The number of nitrogens with zero attached hydrogens (tertiary/aromatic N) is 1. The van der Waals surface area contributed by atoms with Gasteiger partial charge in [-0.05, 0) is 55.9 Å². The summed E-state index contributed by atoms with van der Waals surface area (Å²) in [7, 11) is -3.21. The maximum Gasteiger partial charge on any atom is 0.435 e. The lowest BCUT2D eigenvalue weighted by Crippen LogP contribution is -2.50. The Hall–Kier alpha value is -3.36. The molecule has 1 saturated carbocycles. The van der Waals surface area contributed by atoms with Gasteiger partial charge in [0.15, 0.2) is 9.84 Å². The van der Waals surface area contributed by atoms with E-state index in [-0.39, 0.29) is 67.0 Å². The lowest BCUT2D eigenvalue weighted by molar-refractivity contribution is -0.348. The van der Waals surface area contributed by atoms with E-state index in [0.29, 0.717) is 12.1 Å². The Morgan fingerprint density at radius 1 is 0.907 bits per heavy atom. The van der Waals surface area contributed by atoms with Crippen molar-refractivity contribution in [3.8, 4) is 5.75 Å². The zero-order valence-electron chi connectivity index (χ0n) is 22.7. The molecule has 2 aromatic rings. The summed E-state index contributed by atoms with van der Waals surface area (Å²) in [5.41, 5.74) is -7.70. The molecule has 1 heterocycles. The van der Waals surface area contributed by atoms with Crippen molar-refractivity contribution < 1.29 is 58.6 Å². The molecular weight excluding hydrogens is 611 g/mol. The second-order valence-corrected chi connectivity index (χ2v) is 13.1. The first kappa shape index (κ1) is 32.6. The number of hydrogen-bond donors (Lipinski definition) is 1. The Morgan fingerprint density at radius 2 is 1.47 bits per heavy atom. The number of alkyl halides is 7. The second kappa shape index (κ2) is 11.3. The van der Waals surface area contributed by atoms with Crippen molar-refractivity contribution in [1.29, 1.82) is 0 Å². The van der Waals surface area contributed by atoms with Crippen LogP contribution in [0.1, 0.15) is 43.2 Å². The predicted molar refractivity (Wildman–Crippen MR) is 137 cm³/mol. The maximum absolute atomic E-state index is 14.7. The number of hydrogen-bond acceptors (Lipinski definition) is 5. The standard InChI is InChI=1S/C28H28F7NO6S/c1-42-21-3-2-4-22(15-21)43(40,41)25(13-14-36(16-25)23(37)17-5-7-18(8-6-17)24(38)39)19-9-11-20(12-10-19)26(29,27(30,31)32)28(33,34)35/h2-4,9-12,15,17-18H,5-8,13-14,16H2,1H3,(H,38,39). The van der Waals surface area contributed by atoms with Crippen LogP contribution < -0.4 is 4.74 Å². The minimum atomic E-state index is -6.35. The number of aliphatic carboxylic acids is 1. The number of methoxy groups -OCH3 is 1. The quantitative estimate of drug-likeness (QED) is 0.386. The van der Waals surface area contributed by atoms with E-state index in [0.717, 1.165) is 0 Å². The summed E-state index contributed by atoms with van der Waals surface area (Å²) in [6, 6.07) is 7.23. The summed E-state index contributed by atoms with van der Waals surface area (Å²) in [6.45, 7) is -0.594. The van der Waals surface area contributed by atoms with Crippen LogP contribution in [0.25, 0.3) is 0 Å². The van der Waals surface area contributed by atoms with E-state index in [9.17, 15) is 53.8 Å². The molecule has 0 aromatic heterocycles. The molecule has 2 aromatic carbocycles. The largest absolute Gasteiger partial charge is 0.497 e. The fourth-order valence-electron chi connectivity index (χ4n) is 5.91. The number of carboxylic acids is 1. The molecule has 2 fully saturated rings. The molecule has 0 radical (unpaired) electrons. The third-order valence-corrected chi connectivity index (χ3v) is 10.9. The number of benzene rings is 2. The molecule has 0 bridgehead atoms. The van der Waals surface area contributed by atoms with Crippen LogP contribution in [0, 0.1) is 11.8 Å². The number of amides is 1. The van der Waals surface area contributed by atoms with Gasteiger partial charge in [0.1, 0.15) is 10.5 Å². The van der Waals surface area contributed by atoms with Crippen LogP contribution >= 0.6 is 0 Å². The normalized spacial score (nSPS) is 23.7. The molecule has 1 aliphatic carbocycles. The molecule has 236 valence electrons. The van der Waals surface area contributed by atoms with Crippen LogP contribution in [0.4, 0.5) is 30.7 Å². The maximum atomic E-state index is 14.7. The van der Waals surface area contributed by atoms with Gasteiger partial charge in [0.25, 0.3) is 0 Å². The minimum Gasteiger partial charge on any atom is -0.497 e. The molecule has 1 N–H and O–H groups in total. The van der Waals surface area contributed by atoms with Crippen LogP contribution in [-0.2, 0) is 29.8 Å². The fourth-order valence-corrected chi connectivity index (χ4v) is 8.02. The van der Waals surface area contributed by atoms with E-state index < -0.39 is 68.4 Å². The molecule has 1 saturated heterocycles. The number of ether oxygens (including phenoxy) is 1. The highest BCUT2D eigenvalue weighted by molar-refractivity contribution is 7.92.